The molecule has 0 aromatic heterocycles. The van der Waals surface area contributed by atoms with Gasteiger partial charge in [-0.2, -0.15) is 0 Å². The van der Waals surface area contributed by atoms with Crippen molar-refractivity contribution in [3.8, 4) is 0 Å². The Labute approximate surface area is 63.0 Å². The molecular formula is C6H8N2O3. The number of Topliss-reactive ketones (excluding diaryl/α,β-unsaturated/α-hetero) is 1. The Morgan fingerprint density at radius 1 is 1.45 bits per heavy atom. The van der Waals surface area contributed by atoms with Crippen LogP contribution in [0.4, 0.5) is 0 Å². The zero-order chi connectivity index (χ0) is 7.72. The van der Waals surface area contributed by atoms with Crippen LogP contribution in [0.15, 0.2) is 11.6 Å². The van der Waals surface area contributed by atoms with Gasteiger partial charge in [0.25, 0.3) is 11.8 Å². The largest absolute Gasteiger partial charge is 0.344 e. The highest BCUT2D eigenvalue weighted by Crippen LogP contribution is 2.01. The Morgan fingerprint density at radius 2 is 2.00 bits per heavy atom. The number of nitrogens with one attached hydrogen (secondary N) is 1. The minimum Gasteiger partial charge on any atom is -0.344 e. The summed E-state index contributed by atoms with van der Waals surface area (Å²) in [5.74, 6) is -1.50. The molecule has 1 heterocycles. The quantitative estimate of drug-likeness (QED) is 0.388. The standard InChI is InChI=1S/C6H5NO3.H3N/c1-3(8)4-2-5(9)7-6(4)10;/h2H,1H3,(H,7,9,10);1H3. The second-order valence-corrected chi connectivity index (χ2v) is 1.93. The van der Waals surface area contributed by atoms with Crippen molar-refractivity contribution >= 4 is 17.6 Å². The molecule has 1 aliphatic rings. The van der Waals surface area contributed by atoms with Crippen LogP contribution in [0.5, 0.6) is 0 Å². The third kappa shape index (κ3) is 1.71. The van der Waals surface area contributed by atoms with Crippen LogP contribution < -0.4 is 11.5 Å². The highest BCUT2D eigenvalue weighted by molar-refractivity contribution is 6.29. The van der Waals surface area contributed by atoms with E-state index in [0.29, 0.717) is 0 Å². The van der Waals surface area contributed by atoms with E-state index in [4.69, 9.17) is 0 Å². The molecule has 0 spiro atoms. The summed E-state index contributed by atoms with van der Waals surface area (Å²) in [6.07, 6.45) is 1.00. The van der Waals surface area contributed by atoms with Crippen LogP contribution in [0.2, 0.25) is 0 Å². The zero-order valence-corrected chi connectivity index (χ0v) is 6.01. The van der Waals surface area contributed by atoms with Crippen molar-refractivity contribution in [3.05, 3.63) is 11.6 Å². The number of rotatable bonds is 1. The van der Waals surface area contributed by atoms with E-state index in [1.165, 1.54) is 6.92 Å². The number of hydrogen-bond acceptors (Lipinski definition) is 4. The average Bonchev–Trinajstić information content (AvgIpc) is 2.10. The third-order valence-corrected chi connectivity index (χ3v) is 1.14. The molecule has 1 aliphatic heterocycles. The zero-order valence-electron chi connectivity index (χ0n) is 6.01. The van der Waals surface area contributed by atoms with Crippen LogP contribution in [0.25, 0.3) is 0 Å². The van der Waals surface area contributed by atoms with Crippen molar-refractivity contribution in [1.29, 1.82) is 0 Å². The molecule has 2 amide bonds. The smallest absolute Gasteiger partial charge is 0.261 e. The van der Waals surface area contributed by atoms with Crippen LogP contribution in [0, 0.1) is 0 Å². The summed E-state index contributed by atoms with van der Waals surface area (Å²) in [7, 11) is 0. The van der Waals surface area contributed by atoms with E-state index in [9.17, 15) is 14.4 Å². The minimum atomic E-state index is -0.600. The Kier molecular flexibility index (Phi) is 2.65. The molecule has 5 heteroatoms. The molecule has 0 aromatic rings. The Bertz CT molecular complexity index is 255. The summed E-state index contributed by atoms with van der Waals surface area (Å²) in [5.41, 5.74) is -0.0648. The molecule has 1 rings (SSSR count). The maximum Gasteiger partial charge on any atom is 0.261 e. The topological polar surface area (TPSA) is 98.2 Å². The lowest BCUT2D eigenvalue weighted by atomic mass is 10.2. The molecule has 0 aromatic carbocycles. The first-order valence-corrected chi connectivity index (χ1v) is 2.69. The van der Waals surface area contributed by atoms with Crippen molar-refractivity contribution in [2.45, 2.75) is 6.92 Å². The van der Waals surface area contributed by atoms with E-state index in [1.807, 2.05) is 5.32 Å². The van der Waals surface area contributed by atoms with Gasteiger partial charge in [-0.3, -0.25) is 19.7 Å². The van der Waals surface area contributed by atoms with Gasteiger partial charge in [-0.05, 0) is 6.92 Å². The van der Waals surface area contributed by atoms with E-state index in [1.54, 1.807) is 0 Å². The van der Waals surface area contributed by atoms with E-state index in [0.717, 1.165) is 6.08 Å². The van der Waals surface area contributed by atoms with E-state index in [-0.39, 0.29) is 17.5 Å². The van der Waals surface area contributed by atoms with Crippen molar-refractivity contribution in [1.82, 2.24) is 11.5 Å². The van der Waals surface area contributed by atoms with Gasteiger partial charge >= 0.3 is 0 Å². The summed E-state index contributed by atoms with van der Waals surface area (Å²) in [6, 6.07) is 0. The SMILES string of the molecule is CC(=O)C1=CC(=O)NC1=O.N. The first kappa shape index (κ1) is 9.51. The number of ketones is 1. The Morgan fingerprint density at radius 3 is 2.18 bits per heavy atom. The fraction of sp³-hybridized carbons (Fsp3) is 0.167. The van der Waals surface area contributed by atoms with Gasteiger partial charge in [0.1, 0.15) is 0 Å². The van der Waals surface area contributed by atoms with Gasteiger partial charge in [-0.25, -0.2) is 0 Å². The second kappa shape index (κ2) is 3.07. The van der Waals surface area contributed by atoms with Gasteiger partial charge in [0.15, 0.2) is 5.78 Å². The average molecular weight is 156 g/mol. The van der Waals surface area contributed by atoms with E-state index in [2.05, 4.69) is 0 Å². The summed E-state index contributed by atoms with van der Waals surface area (Å²) >= 11 is 0. The number of imide groups is 1. The second-order valence-electron chi connectivity index (χ2n) is 1.93. The van der Waals surface area contributed by atoms with Crippen LogP contribution in [0.3, 0.4) is 0 Å². The minimum absolute atomic E-state index is 0. The van der Waals surface area contributed by atoms with Gasteiger partial charge in [0.2, 0.25) is 0 Å². The normalized spacial score (nSPS) is 15.2. The maximum atomic E-state index is 10.6. The molecule has 0 bridgehead atoms. The molecule has 4 N–H and O–H groups in total. The first-order chi connectivity index (χ1) is 4.61. The molecular weight excluding hydrogens is 148 g/mol. The number of hydrogen-bond donors (Lipinski definition) is 2. The third-order valence-electron chi connectivity index (χ3n) is 1.14. The van der Waals surface area contributed by atoms with Crippen molar-refractivity contribution in [2.75, 3.05) is 0 Å². The van der Waals surface area contributed by atoms with E-state index < -0.39 is 11.8 Å². The predicted octanol–water partition coefficient (Wildman–Crippen LogP) is -0.680. The fourth-order valence-corrected chi connectivity index (χ4v) is 0.673. The van der Waals surface area contributed by atoms with Gasteiger partial charge < -0.3 is 6.15 Å². The van der Waals surface area contributed by atoms with Crippen LogP contribution >= 0.6 is 0 Å². The monoisotopic (exact) mass is 156 g/mol. The van der Waals surface area contributed by atoms with Crippen LogP contribution in [-0.2, 0) is 14.4 Å². The lowest BCUT2D eigenvalue weighted by Gasteiger charge is -1.89. The highest BCUT2D eigenvalue weighted by atomic mass is 16.2. The molecule has 0 unspecified atom stereocenters. The summed E-state index contributed by atoms with van der Waals surface area (Å²) in [5, 5.41) is 1.96. The lowest BCUT2D eigenvalue weighted by Crippen LogP contribution is -2.23. The number of amides is 2. The van der Waals surface area contributed by atoms with Crippen molar-refractivity contribution in [2.24, 2.45) is 0 Å². The molecule has 11 heavy (non-hydrogen) atoms. The molecule has 5 nitrogen and oxygen atoms in total. The summed E-state index contributed by atoms with van der Waals surface area (Å²) in [6.45, 7) is 1.24. The lowest BCUT2D eigenvalue weighted by molar-refractivity contribution is -0.124. The maximum absolute atomic E-state index is 10.6. The van der Waals surface area contributed by atoms with Gasteiger partial charge in [0.05, 0.1) is 5.57 Å². The van der Waals surface area contributed by atoms with Gasteiger partial charge in [-0.1, -0.05) is 0 Å². The molecule has 0 saturated carbocycles. The van der Waals surface area contributed by atoms with Crippen molar-refractivity contribution < 1.29 is 14.4 Å². The van der Waals surface area contributed by atoms with Crippen molar-refractivity contribution in [3.63, 3.8) is 0 Å². The number of carbonyl (C=O) groups is 3. The fourth-order valence-electron chi connectivity index (χ4n) is 0.673. The number of carbonyl (C=O) groups excluding carboxylic acids is 3. The van der Waals surface area contributed by atoms with E-state index >= 15 is 0 Å². The Hall–Kier alpha value is -1.49. The van der Waals surface area contributed by atoms with Crippen LogP contribution in [0.1, 0.15) is 6.92 Å². The Balaban J connectivity index is 0.000001000. The summed E-state index contributed by atoms with van der Waals surface area (Å²) in [4.78, 5) is 31.5. The molecule has 0 fully saturated rings. The van der Waals surface area contributed by atoms with Crippen LogP contribution in [-0.4, -0.2) is 17.6 Å². The highest BCUT2D eigenvalue weighted by Gasteiger charge is 2.23. The summed E-state index contributed by atoms with van der Waals surface area (Å²) < 4.78 is 0. The predicted molar refractivity (Wildman–Crippen MR) is 36.9 cm³/mol. The van der Waals surface area contributed by atoms with Gasteiger partial charge in [0, 0.05) is 6.08 Å². The molecule has 0 saturated heterocycles. The van der Waals surface area contributed by atoms with Gasteiger partial charge in [-0.15, -0.1) is 0 Å². The molecule has 0 radical (unpaired) electrons. The molecule has 0 aliphatic carbocycles. The molecule has 0 atom stereocenters. The first-order valence-electron chi connectivity index (χ1n) is 2.69. The molecule has 60 valence electrons.